The van der Waals surface area contributed by atoms with Crippen molar-refractivity contribution in [1.29, 1.82) is 0 Å². The average Bonchev–Trinajstić information content (AvgIpc) is 2.33. The Morgan fingerprint density at radius 3 is 2.33 bits per heavy atom. The molecule has 0 aliphatic heterocycles. The third-order valence-electron chi connectivity index (χ3n) is 2.03. The molecule has 0 saturated heterocycles. The van der Waals surface area contributed by atoms with Gasteiger partial charge >= 0.3 is 12.2 Å². The maximum absolute atomic E-state index is 10.9. The number of amides is 1. The number of phenolic OH excluding ortho intramolecular Hbond substituents is 1. The molecule has 0 bridgehead atoms. The average molecular weight is 253 g/mol. The van der Waals surface area contributed by atoms with Crippen LogP contribution in [0.5, 0.6) is 5.75 Å². The highest BCUT2D eigenvalue weighted by atomic mass is 16.5. The molecule has 0 spiro atoms. The zero-order valence-electron chi connectivity index (χ0n) is 10.2. The van der Waals surface area contributed by atoms with E-state index < -0.39 is 6.09 Å². The van der Waals surface area contributed by atoms with Crippen LogP contribution in [-0.4, -0.2) is 30.5 Å². The molecule has 0 fully saturated rings. The summed E-state index contributed by atoms with van der Waals surface area (Å²) in [6.07, 6.45) is 0.524. The second-order valence-corrected chi connectivity index (χ2v) is 3.49. The van der Waals surface area contributed by atoms with E-state index in [4.69, 9.17) is 14.7 Å². The van der Waals surface area contributed by atoms with Gasteiger partial charge in [-0.15, -0.1) is 0 Å². The fourth-order valence-electron chi connectivity index (χ4n) is 1.30. The van der Waals surface area contributed by atoms with Crippen LogP contribution in [0.25, 0.3) is 0 Å². The molecule has 98 valence electrons. The van der Waals surface area contributed by atoms with E-state index in [1.54, 1.807) is 12.1 Å². The first-order valence-electron chi connectivity index (χ1n) is 5.15. The molecule has 0 saturated carbocycles. The molecular formula is C12H15NO5. The maximum Gasteiger partial charge on any atom is 0.407 e. The van der Waals surface area contributed by atoms with Crippen LogP contribution in [0.15, 0.2) is 24.3 Å². The number of hydrogen-bond acceptors (Lipinski definition) is 5. The van der Waals surface area contributed by atoms with Gasteiger partial charge in [-0.05, 0) is 31.0 Å². The van der Waals surface area contributed by atoms with Gasteiger partial charge in [0.05, 0.1) is 7.11 Å². The number of benzene rings is 1. The predicted molar refractivity (Wildman–Crippen MR) is 61.8 cm³/mol. The number of carbonyl (C=O) groups is 1. The van der Waals surface area contributed by atoms with Gasteiger partial charge in [0.15, 0.2) is 0 Å². The van der Waals surface area contributed by atoms with Gasteiger partial charge in [-0.3, -0.25) is 0 Å². The number of aromatic hydroxyl groups is 1. The Hall–Kier alpha value is -2.33. The van der Waals surface area contributed by atoms with E-state index in [2.05, 4.69) is 10.1 Å². The summed E-state index contributed by atoms with van der Waals surface area (Å²) in [7, 11) is 1.34. The number of carbonyl (C=O) groups excluding carboxylic acids is 3. The fraction of sp³-hybridized carbons (Fsp3) is 0.333. The van der Waals surface area contributed by atoms with Crippen LogP contribution >= 0.6 is 0 Å². The van der Waals surface area contributed by atoms with E-state index in [-0.39, 0.29) is 17.9 Å². The molecule has 18 heavy (non-hydrogen) atoms. The van der Waals surface area contributed by atoms with Gasteiger partial charge in [0, 0.05) is 6.04 Å². The molecule has 2 N–H and O–H groups in total. The first-order chi connectivity index (χ1) is 8.53. The van der Waals surface area contributed by atoms with Gasteiger partial charge in [0.25, 0.3) is 0 Å². The van der Waals surface area contributed by atoms with Gasteiger partial charge < -0.3 is 15.2 Å². The summed E-state index contributed by atoms with van der Waals surface area (Å²) in [6, 6.07) is 6.90. The van der Waals surface area contributed by atoms with Crippen molar-refractivity contribution >= 4 is 12.2 Å². The molecule has 6 heteroatoms. The second kappa shape index (κ2) is 8.78. The van der Waals surface area contributed by atoms with Crippen molar-refractivity contribution in [2.75, 3.05) is 7.11 Å². The van der Waals surface area contributed by atoms with Gasteiger partial charge in [-0.1, -0.05) is 12.1 Å². The van der Waals surface area contributed by atoms with Gasteiger partial charge in [-0.2, -0.15) is 9.59 Å². The molecule has 1 atom stereocenters. The minimum atomic E-state index is -0.429. The number of methoxy groups -OCH3 is 1. The fourth-order valence-corrected chi connectivity index (χ4v) is 1.30. The lowest BCUT2D eigenvalue weighted by Crippen LogP contribution is -2.33. The molecule has 1 aromatic carbocycles. The molecule has 0 heterocycles. The minimum absolute atomic E-state index is 0.00185. The van der Waals surface area contributed by atoms with Crippen molar-refractivity contribution in [3.63, 3.8) is 0 Å². The van der Waals surface area contributed by atoms with Crippen LogP contribution in [0.1, 0.15) is 12.5 Å². The highest BCUT2D eigenvalue weighted by molar-refractivity contribution is 5.67. The van der Waals surface area contributed by atoms with Crippen LogP contribution in [-0.2, 0) is 20.7 Å². The molecular weight excluding hydrogens is 238 g/mol. The summed E-state index contributed by atoms with van der Waals surface area (Å²) < 4.78 is 4.49. The Bertz CT molecular complexity index is 395. The van der Waals surface area contributed by atoms with E-state index in [9.17, 15) is 4.79 Å². The molecule has 0 radical (unpaired) electrons. The van der Waals surface area contributed by atoms with Crippen molar-refractivity contribution in [1.82, 2.24) is 5.32 Å². The number of hydrogen-bond donors (Lipinski definition) is 2. The summed E-state index contributed by atoms with van der Waals surface area (Å²) in [5, 5.41) is 11.8. The van der Waals surface area contributed by atoms with Gasteiger partial charge in [-0.25, -0.2) is 4.79 Å². The third-order valence-corrected chi connectivity index (χ3v) is 2.03. The smallest absolute Gasteiger partial charge is 0.407 e. The summed E-state index contributed by atoms with van der Waals surface area (Å²) in [4.78, 5) is 27.1. The topological polar surface area (TPSA) is 92.7 Å². The molecule has 0 aromatic heterocycles. The Kier molecular flexibility index (Phi) is 7.64. The van der Waals surface area contributed by atoms with Crippen LogP contribution in [0.2, 0.25) is 0 Å². The number of nitrogens with one attached hydrogen (secondary N) is 1. The first-order valence-corrected chi connectivity index (χ1v) is 5.15. The number of ether oxygens (including phenoxy) is 1. The van der Waals surface area contributed by atoms with Crippen molar-refractivity contribution in [2.45, 2.75) is 19.4 Å². The van der Waals surface area contributed by atoms with Gasteiger partial charge in [0.2, 0.25) is 0 Å². The lowest BCUT2D eigenvalue weighted by atomic mass is 10.1. The zero-order chi connectivity index (χ0) is 14.0. The van der Waals surface area contributed by atoms with E-state index in [0.717, 1.165) is 5.56 Å². The molecule has 0 aliphatic rings. The predicted octanol–water partition coefficient (Wildman–Crippen LogP) is 1.10. The Labute approximate surface area is 105 Å². The van der Waals surface area contributed by atoms with Crippen LogP contribution in [0, 0.1) is 0 Å². The SMILES string of the molecule is COC(=O)NC(C)Cc1ccc(O)cc1.O=C=O. The van der Waals surface area contributed by atoms with Crippen LogP contribution in [0.4, 0.5) is 4.79 Å². The molecule has 1 aromatic rings. The molecule has 1 rings (SSSR count). The zero-order valence-corrected chi connectivity index (χ0v) is 10.2. The molecule has 1 unspecified atom stereocenters. The largest absolute Gasteiger partial charge is 0.508 e. The van der Waals surface area contributed by atoms with Crippen molar-refractivity contribution in [3.05, 3.63) is 29.8 Å². The maximum atomic E-state index is 10.9. The molecule has 6 nitrogen and oxygen atoms in total. The summed E-state index contributed by atoms with van der Waals surface area (Å²) in [5.74, 6) is 0.243. The number of phenols is 1. The van der Waals surface area contributed by atoms with E-state index >= 15 is 0 Å². The second-order valence-electron chi connectivity index (χ2n) is 3.49. The van der Waals surface area contributed by atoms with E-state index in [1.165, 1.54) is 7.11 Å². The summed E-state index contributed by atoms with van der Waals surface area (Å²) in [5.41, 5.74) is 1.05. The quantitative estimate of drug-likeness (QED) is 0.841. The standard InChI is InChI=1S/C11H15NO3.CO2/c1-8(12-11(14)15-2)7-9-3-5-10(13)6-4-9;2-1-3/h3-6,8,13H,7H2,1-2H3,(H,12,14);. The highest BCUT2D eigenvalue weighted by Gasteiger charge is 2.07. The van der Waals surface area contributed by atoms with Crippen molar-refractivity contribution in [2.24, 2.45) is 0 Å². The Morgan fingerprint density at radius 1 is 1.39 bits per heavy atom. The van der Waals surface area contributed by atoms with Gasteiger partial charge in [0.1, 0.15) is 5.75 Å². The number of rotatable bonds is 3. The summed E-state index contributed by atoms with van der Waals surface area (Å²) in [6.45, 7) is 1.89. The lowest BCUT2D eigenvalue weighted by Gasteiger charge is -2.12. The summed E-state index contributed by atoms with van der Waals surface area (Å²) >= 11 is 0. The van der Waals surface area contributed by atoms with E-state index in [0.29, 0.717) is 6.42 Å². The van der Waals surface area contributed by atoms with E-state index in [1.807, 2.05) is 19.1 Å². The Morgan fingerprint density at radius 2 is 1.89 bits per heavy atom. The first kappa shape index (κ1) is 15.7. The minimum Gasteiger partial charge on any atom is -0.508 e. The normalized spacial score (nSPS) is 10.3. The third kappa shape index (κ3) is 7.03. The monoisotopic (exact) mass is 253 g/mol. The van der Waals surface area contributed by atoms with Crippen molar-refractivity contribution in [3.8, 4) is 5.75 Å². The highest BCUT2D eigenvalue weighted by Crippen LogP contribution is 2.11. The lowest BCUT2D eigenvalue weighted by molar-refractivity contribution is -0.191. The van der Waals surface area contributed by atoms with Crippen LogP contribution in [0.3, 0.4) is 0 Å². The number of alkyl carbamates (subject to hydrolysis) is 1. The van der Waals surface area contributed by atoms with Crippen LogP contribution < -0.4 is 5.32 Å². The Balaban J connectivity index is 0.000000873. The van der Waals surface area contributed by atoms with Crippen molar-refractivity contribution < 1.29 is 24.2 Å². The molecule has 0 aliphatic carbocycles. The molecule has 1 amide bonds.